The zero-order chi connectivity index (χ0) is 18.3. The van der Waals surface area contributed by atoms with Crippen LogP contribution >= 0.6 is 0 Å². The summed E-state index contributed by atoms with van der Waals surface area (Å²) in [5.41, 5.74) is 7.73. The molecule has 0 aliphatic rings. The molecule has 0 unspecified atom stereocenters. The summed E-state index contributed by atoms with van der Waals surface area (Å²) in [6.07, 6.45) is 0. The first-order chi connectivity index (χ1) is 12.5. The van der Waals surface area contributed by atoms with Gasteiger partial charge in [0.2, 0.25) is 0 Å². The van der Waals surface area contributed by atoms with Crippen LogP contribution in [0, 0.1) is 13.8 Å². The van der Waals surface area contributed by atoms with Crippen molar-refractivity contribution in [2.75, 3.05) is 0 Å². The van der Waals surface area contributed by atoms with E-state index in [1.807, 2.05) is 24.3 Å². The van der Waals surface area contributed by atoms with Crippen LogP contribution in [0.25, 0.3) is 33.3 Å². The number of ketones is 1. The number of aromatic nitrogens is 1. The number of nitrogens with one attached hydrogen (secondary N) is 1. The molecule has 0 atom stereocenters. The Morgan fingerprint density at radius 3 is 2.12 bits per heavy atom. The second kappa shape index (κ2) is 6.30. The van der Waals surface area contributed by atoms with Gasteiger partial charge in [-0.15, -0.1) is 0 Å². The van der Waals surface area contributed by atoms with Crippen molar-refractivity contribution in [3.63, 3.8) is 0 Å². The van der Waals surface area contributed by atoms with Gasteiger partial charge >= 0.3 is 0 Å². The van der Waals surface area contributed by atoms with E-state index in [4.69, 9.17) is 0 Å². The van der Waals surface area contributed by atoms with E-state index in [1.54, 1.807) is 6.92 Å². The van der Waals surface area contributed by atoms with E-state index in [2.05, 4.69) is 61.3 Å². The number of aromatic amines is 1. The largest absolute Gasteiger partial charge is 0.355 e. The molecule has 0 amide bonds. The molecule has 0 saturated carbocycles. The fourth-order valence-corrected chi connectivity index (χ4v) is 3.53. The van der Waals surface area contributed by atoms with Crippen molar-refractivity contribution in [1.29, 1.82) is 0 Å². The van der Waals surface area contributed by atoms with Gasteiger partial charge < -0.3 is 4.98 Å². The van der Waals surface area contributed by atoms with E-state index in [0.29, 0.717) is 0 Å². The minimum Gasteiger partial charge on any atom is -0.355 e. The van der Waals surface area contributed by atoms with Crippen LogP contribution in [0.3, 0.4) is 0 Å². The SMILES string of the molecule is CC(=O)c1ccc(-c2ccc(-c3ccc4c(C)cc(C)cc4c3)[nH]2)cc1. The van der Waals surface area contributed by atoms with Crippen molar-refractivity contribution in [3.05, 3.63) is 83.4 Å². The maximum absolute atomic E-state index is 11.4. The fraction of sp³-hybridized carbons (Fsp3) is 0.125. The Labute approximate surface area is 153 Å². The molecule has 0 spiro atoms. The predicted molar refractivity (Wildman–Crippen MR) is 109 cm³/mol. The van der Waals surface area contributed by atoms with Crippen LogP contribution in [0.2, 0.25) is 0 Å². The minimum absolute atomic E-state index is 0.0884. The molecule has 0 aliphatic carbocycles. The quantitative estimate of drug-likeness (QED) is 0.435. The lowest BCUT2D eigenvalue weighted by Crippen LogP contribution is -1.90. The molecule has 0 bridgehead atoms. The normalized spacial score (nSPS) is 11.0. The summed E-state index contributed by atoms with van der Waals surface area (Å²) in [7, 11) is 0. The summed E-state index contributed by atoms with van der Waals surface area (Å²) >= 11 is 0. The second-order valence-electron chi connectivity index (χ2n) is 6.94. The van der Waals surface area contributed by atoms with Gasteiger partial charge in [-0.2, -0.15) is 0 Å². The van der Waals surface area contributed by atoms with Crippen LogP contribution in [0.5, 0.6) is 0 Å². The van der Waals surface area contributed by atoms with Crippen LogP contribution in [0.15, 0.2) is 66.7 Å². The Balaban J connectivity index is 1.71. The molecule has 26 heavy (non-hydrogen) atoms. The molecule has 0 radical (unpaired) electrons. The molecule has 3 aromatic carbocycles. The van der Waals surface area contributed by atoms with Crippen molar-refractivity contribution < 1.29 is 4.79 Å². The van der Waals surface area contributed by atoms with Crippen LogP contribution in [-0.2, 0) is 0 Å². The van der Waals surface area contributed by atoms with Gasteiger partial charge in [0, 0.05) is 17.0 Å². The number of benzene rings is 3. The Morgan fingerprint density at radius 1 is 0.769 bits per heavy atom. The second-order valence-corrected chi connectivity index (χ2v) is 6.94. The van der Waals surface area contributed by atoms with Crippen molar-refractivity contribution in [2.24, 2.45) is 0 Å². The molecule has 1 heterocycles. The van der Waals surface area contributed by atoms with E-state index in [-0.39, 0.29) is 5.78 Å². The number of H-pyrrole nitrogens is 1. The molecule has 4 aromatic rings. The number of carbonyl (C=O) groups excluding carboxylic acids is 1. The first kappa shape index (κ1) is 16.3. The Kier molecular flexibility index (Phi) is 3.96. The zero-order valence-corrected chi connectivity index (χ0v) is 15.3. The number of fused-ring (bicyclic) bond motifs is 1. The van der Waals surface area contributed by atoms with Gasteiger partial charge in [0.05, 0.1) is 0 Å². The standard InChI is InChI=1S/C24H21NO/c1-15-12-16(2)22-9-8-20(14-21(22)13-15)24-11-10-23(25-24)19-6-4-18(5-7-19)17(3)26/h4-14,25H,1-3H3. The highest BCUT2D eigenvalue weighted by Gasteiger charge is 2.07. The lowest BCUT2D eigenvalue weighted by Gasteiger charge is -2.07. The van der Waals surface area contributed by atoms with Crippen molar-refractivity contribution >= 4 is 16.6 Å². The van der Waals surface area contributed by atoms with Crippen LogP contribution < -0.4 is 0 Å². The van der Waals surface area contributed by atoms with Gasteiger partial charge in [-0.3, -0.25) is 4.79 Å². The van der Waals surface area contributed by atoms with E-state index >= 15 is 0 Å². The van der Waals surface area contributed by atoms with Gasteiger partial charge in [0.15, 0.2) is 5.78 Å². The average Bonchev–Trinajstić information content (AvgIpc) is 3.11. The smallest absolute Gasteiger partial charge is 0.159 e. The molecule has 2 nitrogen and oxygen atoms in total. The third-order valence-electron chi connectivity index (χ3n) is 4.90. The Bertz CT molecular complexity index is 1120. The molecule has 1 aromatic heterocycles. The highest BCUT2D eigenvalue weighted by atomic mass is 16.1. The summed E-state index contributed by atoms with van der Waals surface area (Å²) in [4.78, 5) is 14.9. The van der Waals surface area contributed by atoms with E-state index < -0.39 is 0 Å². The van der Waals surface area contributed by atoms with Gasteiger partial charge in [-0.05, 0) is 66.4 Å². The van der Waals surface area contributed by atoms with Gasteiger partial charge in [-0.25, -0.2) is 0 Å². The lowest BCUT2D eigenvalue weighted by atomic mass is 9.99. The number of carbonyl (C=O) groups is 1. The topological polar surface area (TPSA) is 32.9 Å². The van der Waals surface area contributed by atoms with Gasteiger partial charge in [0.1, 0.15) is 0 Å². The Morgan fingerprint density at radius 2 is 1.42 bits per heavy atom. The van der Waals surface area contributed by atoms with Gasteiger partial charge in [-0.1, -0.05) is 54.1 Å². The molecular formula is C24H21NO. The number of hydrogen-bond acceptors (Lipinski definition) is 1. The average molecular weight is 339 g/mol. The first-order valence-corrected chi connectivity index (χ1v) is 8.83. The zero-order valence-electron chi connectivity index (χ0n) is 15.3. The molecular weight excluding hydrogens is 318 g/mol. The molecule has 4 rings (SSSR count). The maximum Gasteiger partial charge on any atom is 0.159 e. The molecule has 1 N–H and O–H groups in total. The number of rotatable bonds is 3. The van der Waals surface area contributed by atoms with Crippen LogP contribution in [0.4, 0.5) is 0 Å². The van der Waals surface area contributed by atoms with Crippen molar-refractivity contribution in [1.82, 2.24) is 4.98 Å². The molecule has 2 heteroatoms. The van der Waals surface area contributed by atoms with E-state index in [0.717, 1.165) is 22.5 Å². The molecule has 0 aliphatic heterocycles. The third kappa shape index (κ3) is 2.95. The maximum atomic E-state index is 11.4. The summed E-state index contributed by atoms with van der Waals surface area (Å²) in [6.45, 7) is 5.88. The first-order valence-electron chi connectivity index (χ1n) is 8.83. The third-order valence-corrected chi connectivity index (χ3v) is 4.90. The predicted octanol–water partition coefficient (Wildman–Crippen LogP) is 6.32. The molecule has 0 saturated heterocycles. The van der Waals surface area contributed by atoms with Crippen LogP contribution in [-0.4, -0.2) is 10.8 Å². The molecule has 128 valence electrons. The van der Waals surface area contributed by atoms with Gasteiger partial charge in [0.25, 0.3) is 0 Å². The molecule has 0 fully saturated rings. The highest BCUT2D eigenvalue weighted by Crippen LogP contribution is 2.29. The van der Waals surface area contributed by atoms with Crippen molar-refractivity contribution in [2.45, 2.75) is 20.8 Å². The monoisotopic (exact) mass is 339 g/mol. The van der Waals surface area contributed by atoms with E-state index in [1.165, 1.54) is 27.5 Å². The Hall–Kier alpha value is -3.13. The summed E-state index contributed by atoms with van der Waals surface area (Å²) < 4.78 is 0. The fourth-order valence-electron chi connectivity index (χ4n) is 3.53. The summed E-state index contributed by atoms with van der Waals surface area (Å²) in [5, 5.41) is 2.56. The number of hydrogen-bond donors (Lipinski definition) is 1. The summed E-state index contributed by atoms with van der Waals surface area (Å²) in [5.74, 6) is 0.0884. The number of Topliss-reactive ketones (excluding diaryl/α,β-unsaturated/α-hetero) is 1. The lowest BCUT2D eigenvalue weighted by molar-refractivity contribution is 0.101. The van der Waals surface area contributed by atoms with E-state index in [9.17, 15) is 4.79 Å². The van der Waals surface area contributed by atoms with Crippen molar-refractivity contribution in [3.8, 4) is 22.5 Å². The highest BCUT2D eigenvalue weighted by molar-refractivity contribution is 5.94. The summed E-state index contributed by atoms with van der Waals surface area (Å²) in [6, 6.07) is 23.0. The number of aryl methyl sites for hydroxylation is 2. The minimum atomic E-state index is 0.0884. The van der Waals surface area contributed by atoms with Crippen LogP contribution in [0.1, 0.15) is 28.4 Å².